The van der Waals surface area contributed by atoms with Crippen molar-refractivity contribution in [1.82, 2.24) is 19.7 Å². The second-order valence-electron chi connectivity index (χ2n) is 6.16. The van der Waals surface area contributed by atoms with Crippen LogP contribution in [0.3, 0.4) is 0 Å². The number of benzene rings is 1. The van der Waals surface area contributed by atoms with Gasteiger partial charge in [0.2, 0.25) is 0 Å². The molecule has 0 radical (unpaired) electrons. The van der Waals surface area contributed by atoms with Crippen LogP contribution < -0.4 is 4.74 Å². The lowest BCUT2D eigenvalue weighted by molar-refractivity contribution is 0.309. The van der Waals surface area contributed by atoms with Gasteiger partial charge < -0.3 is 4.74 Å². The van der Waals surface area contributed by atoms with Crippen LogP contribution >= 0.6 is 23.2 Å². The average molecular weight is 417 g/mol. The largest absolute Gasteiger partial charge is 0.487 e. The molecular weight excluding hydrogens is 402 g/mol. The summed E-state index contributed by atoms with van der Waals surface area (Å²) < 4.78 is 21.2. The number of halogens is 3. The molecule has 4 aromatic rings. The summed E-state index contributed by atoms with van der Waals surface area (Å²) in [6, 6.07) is 9.18. The quantitative estimate of drug-likeness (QED) is 0.437. The van der Waals surface area contributed by atoms with E-state index in [9.17, 15) is 4.39 Å². The van der Waals surface area contributed by atoms with Crippen LogP contribution in [-0.2, 0) is 20.3 Å². The van der Waals surface area contributed by atoms with Crippen LogP contribution in [0.5, 0.6) is 5.75 Å². The molecule has 0 unspecified atom stereocenters. The van der Waals surface area contributed by atoms with Gasteiger partial charge in [-0.05, 0) is 18.2 Å². The minimum Gasteiger partial charge on any atom is -0.487 e. The van der Waals surface area contributed by atoms with Gasteiger partial charge in [0, 0.05) is 42.2 Å². The van der Waals surface area contributed by atoms with Crippen LogP contribution in [0.25, 0.3) is 22.2 Å². The molecule has 0 atom stereocenters. The van der Waals surface area contributed by atoms with Crippen molar-refractivity contribution >= 4 is 34.1 Å². The van der Waals surface area contributed by atoms with Gasteiger partial charge in [0.05, 0.1) is 21.4 Å². The molecule has 28 heavy (non-hydrogen) atoms. The van der Waals surface area contributed by atoms with Crippen molar-refractivity contribution < 1.29 is 9.13 Å². The van der Waals surface area contributed by atoms with Crippen LogP contribution in [0.1, 0.15) is 11.3 Å². The Labute approximate surface area is 170 Å². The monoisotopic (exact) mass is 416 g/mol. The zero-order chi connectivity index (χ0) is 19.7. The van der Waals surface area contributed by atoms with Crippen LogP contribution in [0.4, 0.5) is 4.39 Å². The number of ether oxygens (including phenoxy) is 1. The highest BCUT2D eigenvalue weighted by Gasteiger charge is 2.15. The van der Waals surface area contributed by atoms with Crippen molar-refractivity contribution in [3.63, 3.8) is 0 Å². The van der Waals surface area contributed by atoms with Gasteiger partial charge in [0.25, 0.3) is 0 Å². The second-order valence-corrected chi connectivity index (χ2v) is 6.97. The molecule has 0 spiro atoms. The third-order valence-corrected chi connectivity index (χ3v) is 5.07. The van der Waals surface area contributed by atoms with Crippen molar-refractivity contribution in [3.8, 4) is 17.0 Å². The number of aryl methyl sites for hydroxylation is 1. The predicted octanol–water partition coefficient (Wildman–Crippen LogP) is 5.39. The fourth-order valence-corrected chi connectivity index (χ4v) is 3.51. The molecule has 0 saturated heterocycles. The minimum atomic E-state index is -0.683. The molecule has 0 fully saturated rings. The van der Waals surface area contributed by atoms with Gasteiger partial charge in [-0.2, -0.15) is 5.10 Å². The summed E-state index contributed by atoms with van der Waals surface area (Å²) in [5.41, 5.74) is 3.21. The fourth-order valence-electron chi connectivity index (χ4n) is 3.04. The molecule has 8 heteroatoms. The first-order valence-corrected chi connectivity index (χ1v) is 9.21. The lowest BCUT2D eigenvalue weighted by Crippen LogP contribution is -2.01. The normalized spacial score (nSPS) is 11.1. The van der Waals surface area contributed by atoms with Gasteiger partial charge in [-0.3, -0.25) is 9.67 Å². The average Bonchev–Trinajstić information content (AvgIpc) is 3.12. The second kappa shape index (κ2) is 7.73. The van der Waals surface area contributed by atoms with Crippen molar-refractivity contribution in [3.05, 3.63) is 70.2 Å². The number of pyridine rings is 2. The first-order chi connectivity index (χ1) is 13.6. The molecule has 0 saturated carbocycles. The number of alkyl halides is 1. The predicted molar refractivity (Wildman–Crippen MR) is 107 cm³/mol. The number of aromatic nitrogens is 4. The molecule has 0 aliphatic heterocycles. The molecular formula is C20H15Cl2FN4O. The maximum Gasteiger partial charge on any atom is 0.146 e. The Balaban J connectivity index is 1.81. The van der Waals surface area contributed by atoms with E-state index < -0.39 is 6.67 Å². The molecule has 0 N–H and O–H groups in total. The van der Waals surface area contributed by atoms with E-state index >= 15 is 0 Å². The maximum atomic E-state index is 13.5. The van der Waals surface area contributed by atoms with Crippen molar-refractivity contribution in [2.24, 2.45) is 7.05 Å². The Bertz CT molecular complexity index is 1140. The number of rotatable bonds is 5. The van der Waals surface area contributed by atoms with E-state index in [0.717, 1.165) is 16.6 Å². The number of para-hydroxylation sites is 1. The van der Waals surface area contributed by atoms with E-state index in [4.69, 9.17) is 27.9 Å². The highest BCUT2D eigenvalue weighted by molar-refractivity contribution is 6.35. The van der Waals surface area contributed by atoms with E-state index in [-0.39, 0.29) is 6.61 Å². The van der Waals surface area contributed by atoms with Crippen molar-refractivity contribution in [2.45, 2.75) is 13.3 Å². The van der Waals surface area contributed by atoms with Gasteiger partial charge in [-0.15, -0.1) is 0 Å². The summed E-state index contributed by atoms with van der Waals surface area (Å²) in [5, 5.41) is 5.88. The third kappa shape index (κ3) is 3.41. The highest BCUT2D eigenvalue weighted by Crippen LogP contribution is 2.34. The molecule has 5 nitrogen and oxygen atoms in total. The molecule has 142 valence electrons. The van der Waals surface area contributed by atoms with Gasteiger partial charge in [-0.1, -0.05) is 35.3 Å². The molecule has 0 aliphatic carbocycles. The SMILES string of the molecule is Cn1nccc1-c1cc(CF)nc2c(OCc3c(Cl)cncc3Cl)cccc12. The van der Waals surface area contributed by atoms with E-state index in [0.29, 0.717) is 32.6 Å². The van der Waals surface area contributed by atoms with Gasteiger partial charge in [0.1, 0.15) is 24.5 Å². The van der Waals surface area contributed by atoms with Crippen molar-refractivity contribution in [2.75, 3.05) is 0 Å². The standard InChI is InChI=1S/C20H15Cl2FN4O/c1-27-18(5-6-25-27)14-7-12(8-23)26-20-13(14)3-2-4-19(20)28-11-15-16(21)9-24-10-17(15)22/h2-7,9-10H,8,11H2,1H3. The summed E-state index contributed by atoms with van der Waals surface area (Å²) in [5.74, 6) is 0.514. The molecule has 0 aliphatic rings. The van der Waals surface area contributed by atoms with E-state index in [2.05, 4.69) is 15.1 Å². The topological polar surface area (TPSA) is 52.8 Å². The highest BCUT2D eigenvalue weighted by atomic mass is 35.5. The Hall–Kier alpha value is -2.70. The Kier molecular flexibility index (Phi) is 5.15. The minimum absolute atomic E-state index is 0.141. The summed E-state index contributed by atoms with van der Waals surface area (Å²) in [4.78, 5) is 8.38. The molecule has 1 aromatic carbocycles. The lowest BCUT2D eigenvalue weighted by atomic mass is 10.0. The van der Waals surface area contributed by atoms with E-state index in [1.165, 1.54) is 12.4 Å². The summed E-state index contributed by atoms with van der Waals surface area (Å²) in [6.45, 7) is -0.543. The molecule has 3 aromatic heterocycles. The number of nitrogens with zero attached hydrogens (tertiary/aromatic N) is 4. The first kappa shape index (κ1) is 18.7. The van der Waals surface area contributed by atoms with Crippen LogP contribution in [0.2, 0.25) is 10.0 Å². The number of hydrogen-bond donors (Lipinski definition) is 0. The Morgan fingerprint density at radius 3 is 2.61 bits per heavy atom. The van der Waals surface area contributed by atoms with Gasteiger partial charge in [-0.25, -0.2) is 9.37 Å². The molecule has 0 amide bonds. The summed E-state index contributed by atoms with van der Waals surface area (Å²) in [6.07, 6.45) is 4.72. The number of fused-ring (bicyclic) bond motifs is 1. The number of hydrogen-bond acceptors (Lipinski definition) is 4. The Morgan fingerprint density at radius 1 is 1.14 bits per heavy atom. The van der Waals surface area contributed by atoms with E-state index in [1.807, 2.05) is 25.2 Å². The fraction of sp³-hybridized carbons (Fsp3) is 0.150. The zero-order valence-corrected chi connectivity index (χ0v) is 16.4. The molecule has 3 heterocycles. The third-order valence-electron chi connectivity index (χ3n) is 4.41. The van der Waals surface area contributed by atoms with Crippen LogP contribution in [0, 0.1) is 0 Å². The smallest absolute Gasteiger partial charge is 0.146 e. The molecule has 4 rings (SSSR count). The Morgan fingerprint density at radius 2 is 1.93 bits per heavy atom. The summed E-state index contributed by atoms with van der Waals surface area (Å²) in [7, 11) is 1.84. The summed E-state index contributed by atoms with van der Waals surface area (Å²) >= 11 is 12.3. The lowest BCUT2D eigenvalue weighted by Gasteiger charge is -2.14. The van der Waals surface area contributed by atoms with Crippen LogP contribution in [0.15, 0.2) is 48.9 Å². The first-order valence-electron chi connectivity index (χ1n) is 8.46. The molecule has 0 bridgehead atoms. The maximum absolute atomic E-state index is 13.5. The van der Waals surface area contributed by atoms with Crippen LogP contribution in [-0.4, -0.2) is 19.7 Å². The van der Waals surface area contributed by atoms with Crippen molar-refractivity contribution in [1.29, 1.82) is 0 Å². The van der Waals surface area contributed by atoms with Gasteiger partial charge >= 0.3 is 0 Å². The van der Waals surface area contributed by atoms with Gasteiger partial charge in [0.15, 0.2) is 0 Å². The van der Waals surface area contributed by atoms with E-state index in [1.54, 1.807) is 23.0 Å². The zero-order valence-electron chi connectivity index (χ0n) is 14.9.